The largest absolute Gasteiger partial charge is 0.496 e. The molecule has 0 atom stereocenters. The summed E-state index contributed by atoms with van der Waals surface area (Å²) in [5.41, 5.74) is -2.45. The molecule has 18 heavy (non-hydrogen) atoms. The second kappa shape index (κ2) is 4.51. The lowest BCUT2D eigenvalue weighted by Gasteiger charge is -2.24. The molecule has 0 spiro atoms. The highest BCUT2D eigenvalue weighted by Gasteiger charge is 2.39. The lowest BCUT2D eigenvalue weighted by atomic mass is 9.83. The van der Waals surface area contributed by atoms with Crippen LogP contribution in [0.2, 0.25) is 0 Å². The first-order valence-corrected chi connectivity index (χ1v) is 5.10. The zero-order chi connectivity index (χ0) is 14.1. The standard InChI is InChI=1S/C12H13F3O3/c1-11(2,10(16)17)7-5-4-6-8(9(7)18-3)12(13,14)15/h4-6H,1-3H3,(H,16,17). The molecule has 0 saturated heterocycles. The van der Waals surface area contributed by atoms with Crippen LogP contribution in [0, 0.1) is 0 Å². The van der Waals surface area contributed by atoms with Gasteiger partial charge in [-0.3, -0.25) is 4.79 Å². The second-order valence-electron chi connectivity index (χ2n) is 4.31. The fourth-order valence-electron chi connectivity index (χ4n) is 1.59. The van der Waals surface area contributed by atoms with E-state index in [9.17, 15) is 18.0 Å². The van der Waals surface area contributed by atoms with E-state index in [0.29, 0.717) is 0 Å². The Morgan fingerprint density at radius 2 is 1.72 bits per heavy atom. The van der Waals surface area contributed by atoms with E-state index in [1.807, 2.05) is 0 Å². The topological polar surface area (TPSA) is 46.5 Å². The van der Waals surface area contributed by atoms with Gasteiger partial charge in [0, 0.05) is 5.56 Å². The van der Waals surface area contributed by atoms with Crippen LogP contribution in [0.25, 0.3) is 0 Å². The van der Waals surface area contributed by atoms with Crippen molar-refractivity contribution in [1.82, 2.24) is 0 Å². The number of carboxylic acid groups (broad SMARTS) is 1. The number of rotatable bonds is 3. The van der Waals surface area contributed by atoms with Crippen molar-refractivity contribution in [3.8, 4) is 5.75 Å². The van der Waals surface area contributed by atoms with Crippen LogP contribution < -0.4 is 4.74 Å². The van der Waals surface area contributed by atoms with Gasteiger partial charge in [0.2, 0.25) is 0 Å². The number of halogens is 3. The van der Waals surface area contributed by atoms with E-state index in [1.165, 1.54) is 26.0 Å². The third kappa shape index (κ3) is 2.42. The predicted molar refractivity (Wildman–Crippen MR) is 58.7 cm³/mol. The first-order valence-electron chi connectivity index (χ1n) is 5.10. The van der Waals surface area contributed by atoms with Gasteiger partial charge in [-0.1, -0.05) is 12.1 Å². The normalized spacial score (nSPS) is 12.3. The number of hydrogen-bond acceptors (Lipinski definition) is 2. The Hall–Kier alpha value is -1.72. The van der Waals surface area contributed by atoms with Crippen molar-refractivity contribution in [1.29, 1.82) is 0 Å². The Balaban J connectivity index is 3.53. The quantitative estimate of drug-likeness (QED) is 0.910. The summed E-state index contributed by atoms with van der Waals surface area (Å²) in [6, 6.07) is 3.35. The van der Waals surface area contributed by atoms with Gasteiger partial charge in [-0.15, -0.1) is 0 Å². The van der Waals surface area contributed by atoms with E-state index < -0.39 is 28.9 Å². The highest BCUT2D eigenvalue weighted by molar-refractivity contribution is 5.81. The summed E-state index contributed by atoms with van der Waals surface area (Å²) in [5, 5.41) is 9.07. The first-order chi connectivity index (χ1) is 8.12. The highest BCUT2D eigenvalue weighted by atomic mass is 19.4. The molecule has 1 aromatic rings. The van der Waals surface area contributed by atoms with Gasteiger partial charge in [0.25, 0.3) is 0 Å². The molecule has 0 unspecified atom stereocenters. The van der Waals surface area contributed by atoms with Gasteiger partial charge in [0.15, 0.2) is 0 Å². The number of para-hydroxylation sites is 1. The molecule has 0 aliphatic heterocycles. The summed E-state index contributed by atoms with van der Waals surface area (Å²) in [6.07, 6.45) is -4.59. The zero-order valence-electron chi connectivity index (χ0n) is 10.1. The van der Waals surface area contributed by atoms with Crippen LogP contribution >= 0.6 is 0 Å². The third-order valence-corrected chi connectivity index (χ3v) is 2.73. The van der Waals surface area contributed by atoms with Crippen molar-refractivity contribution >= 4 is 5.97 Å². The minimum Gasteiger partial charge on any atom is -0.496 e. The number of alkyl halides is 3. The number of aliphatic carboxylic acids is 1. The van der Waals surface area contributed by atoms with Gasteiger partial charge in [0.1, 0.15) is 5.75 Å². The molecule has 3 nitrogen and oxygen atoms in total. The van der Waals surface area contributed by atoms with Crippen molar-refractivity contribution in [2.45, 2.75) is 25.4 Å². The summed E-state index contributed by atoms with van der Waals surface area (Å²) in [6.45, 7) is 2.65. The molecule has 1 rings (SSSR count). The molecule has 1 N–H and O–H groups in total. The van der Waals surface area contributed by atoms with Crippen molar-refractivity contribution in [2.75, 3.05) is 7.11 Å². The van der Waals surface area contributed by atoms with Gasteiger partial charge in [-0.05, 0) is 19.9 Å². The highest BCUT2D eigenvalue weighted by Crippen LogP contribution is 2.42. The predicted octanol–water partition coefficient (Wildman–Crippen LogP) is 3.08. The molecule has 0 saturated carbocycles. The average Bonchev–Trinajstić information content (AvgIpc) is 2.26. The fourth-order valence-corrected chi connectivity index (χ4v) is 1.59. The zero-order valence-corrected chi connectivity index (χ0v) is 10.1. The van der Waals surface area contributed by atoms with Crippen LogP contribution in [0.5, 0.6) is 5.75 Å². The van der Waals surface area contributed by atoms with E-state index in [4.69, 9.17) is 9.84 Å². The van der Waals surface area contributed by atoms with E-state index in [0.717, 1.165) is 13.2 Å². The van der Waals surface area contributed by atoms with Crippen LogP contribution in [0.15, 0.2) is 18.2 Å². The number of carboxylic acids is 1. The lowest BCUT2D eigenvalue weighted by molar-refractivity contribution is -0.143. The molecular formula is C12H13F3O3. The summed E-state index contributed by atoms with van der Waals surface area (Å²) in [4.78, 5) is 11.1. The molecule has 0 bridgehead atoms. The van der Waals surface area contributed by atoms with Gasteiger partial charge in [0.05, 0.1) is 18.1 Å². The maximum atomic E-state index is 12.8. The van der Waals surface area contributed by atoms with E-state index in [2.05, 4.69) is 0 Å². The van der Waals surface area contributed by atoms with Gasteiger partial charge in [-0.2, -0.15) is 13.2 Å². The Bertz CT molecular complexity index is 464. The molecule has 1 aromatic carbocycles. The van der Waals surface area contributed by atoms with Crippen molar-refractivity contribution in [3.63, 3.8) is 0 Å². The van der Waals surface area contributed by atoms with Gasteiger partial charge in [-0.25, -0.2) is 0 Å². The SMILES string of the molecule is COc1c(C(F)(F)F)cccc1C(C)(C)C(=O)O. The fraction of sp³-hybridized carbons (Fsp3) is 0.417. The number of carbonyl (C=O) groups is 1. The number of methoxy groups -OCH3 is 1. The molecule has 0 fully saturated rings. The Kier molecular flexibility index (Phi) is 3.59. The molecule has 0 amide bonds. The van der Waals surface area contributed by atoms with Crippen LogP contribution in [-0.4, -0.2) is 18.2 Å². The molecular weight excluding hydrogens is 249 g/mol. The second-order valence-corrected chi connectivity index (χ2v) is 4.31. The molecule has 0 aliphatic rings. The van der Waals surface area contributed by atoms with Crippen molar-refractivity contribution < 1.29 is 27.8 Å². The Morgan fingerprint density at radius 3 is 2.11 bits per heavy atom. The summed E-state index contributed by atoms with van der Waals surface area (Å²) < 4.78 is 43.1. The van der Waals surface area contributed by atoms with E-state index >= 15 is 0 Å². The number of ether oxygens (including phenoxy) is 1. The van der Waals surface area contributed by atoms with Crippen LogP contribution in [-0.2, 0) is 16.4 Å². The smallest absolute Gasteiger partial charge is 0.419 e. The van der Waals surface area contributed by atoms with Crippen molar-refractivity contribution in [3.05, 3.63) is 29.3 Å². The summed E-state index contributed by atoms with van der Waals surface area (Å²) in [7, 11) is 1.09. The monoisotopic (exact) mass is 262 g/mol. The van der Waals surface area contributed by atoms with E-state index in [1.54, 1.807) is 0 Å². The summed E-state index contributed by atoms with van der Waals surface area (Å²) >= 11 is 0. The Morgan fingerprint density at radius 1 is 1.22 bits per heavy atom. The van der Waals surface area contributed by atoms with Crippen LogP contribution in [0.4, 0.5) is 13.2 Å². The Labute approximate surface area is 102 Å². The molecule has 0 aliphatic carbocycles. The van der Waals surface area contributed by atoms with E-state index in [-0.39, 0.29) is 5.56 Å². The maximum Gasteiger partial charge on any atom is 0.419 e. The molecule has 100 valence electrons. The maximum absolute atomic E-state index is 12.8. The van der Waals surface area contributed by atoms with Gasteiger partial charge < -0.3 is 9.84 Å². The first kappa shape index (κ1) is 14.3. The summed E-state index contributed by atoms with van der Waals surface area (Å²) in [5.74, 6) is -1.67. The van der Waals surface area contributed by atoms with Crippen molar-refractivity contribution in [2.24, 2.45) is 0 Å². The average molecular weight is 262 g/mol. The molecule has 0 radical (unpaired) electrons. The lowest BCUT2D eigenvalue weighted by Crippen LogP contribution is -2.29. The number of benzene rings is 1. The van der Waals surface area contributed by atoms with Crippen LogP contribution in [0.1, 0.15) is 25.0 Å². The minimum absolute atomic E-state index is 0.00711. The van der Waals surface area contributed by atoms with Gasteiger partial charge >= 0.3 is 12.1 Å². The molecule has 0 heterocycles. The molecule has 0 aromatic heterocycles. The van der Waals surface area contributed by atoms with Crippen LogP contribution in [0.3, 0.4) is 0 Å². The molecule has 6 heteroatoms. The number of hydrogen-bond donors (Lipinski definition) is 1. The third-order valence-electron chi connectivity index (χ3n) is 2.73. The minimum atomic E-state index is -4.59.